The molecule has 5 heteroatoms. The normalized spacial score (nSPS) is 25.6. The van der Waals surface area contributed by atoms with Crippen molar-refractivity contribution in [1.29, 1.82) is 0 Å². The van der Waals surface area contributed by atoms with Crippen molar-refractivity contribution >= 4 is 29.9 Å². The number of nitrogens with one attached hydrogen (secondary N) is 2. The van der Waals surface area contributed by atoms with Crippen LogP contribution >= 0.6 is 24.0 Å². The number of hydrogen-bond acceptors (Lipinski definition) is 2. The molecule has 2 N–H and O–H groups in total. The van der Waals surface area contributed by atoms with Crippen LogP contribution in [0.4, 0.5) is 0 Å². The third kappa shape index (κ3) is 4.59. The minimum Gasteiger partial charge on any atom is -0.373 e. The van der Waals surface area contributed by atoms with Crippen LogP contribution in [0.3, 0.4) is 0 Å². The molecule has 2 aliphatic rings. The molecule has 23 heavy (non-hydrogen) atoms. The van der Waals surface area contributed by atoms with Gasteiger partial charge >= 0.3 is 0 Å². The number of hydrogen-bond donors (Lipinski definition) is 2. The Morgan fingerprint density at radius 3 is 2.39 bits per heavy atom. The molecule has 1 saturated carbocycles. The molecule has 0 amide bonds. The number of halogens is 1. The van der Waals surface area contributed by atoms with Crippen molar-refractivity contribution in [1.82, 2.24) is 10.6 Å². The zero-order valence-electron chi connectivity index (χ0n) is 14.1. The largest absolute Gasteiger partial charge is 0.373 e. The molecule has 1 aromatic rings. The van der Waals surface area contributed by atoms with Gasteiger partial charge in [0.2, 0.25) is 0 Å². The maximum atomic E-state index is 5.82. The fourth-order valence-corrected chi connectivity index (χ4v) is 3.23. The van der Waals surface area contributed by atoms with Crippen molar-refractivity contribution < 1.29 is 4.74 Å². The number of ether oxygens (including phenoxy) is 1. The molecule has 1 aromatic carbocycles. The molecule has 0 bridgehead atoms. The highest BCUT2D eigenvalue weighted by Gasteiger charge is 2.44. The quantitative estimate of drug-likeness (QED) is 0.430. The second-order valence-electron chi connectivity index (χ2n) is 6.83. The minimum absolute atomic E-state index is 0. The van der Waals surface area contributed by atoms with E-state index in [1.165, 1.54) is 18.4 Å². The van der Waals surface area contributed by atoms with Crippen molar-refractivity contribution in [3.63, 3.8) is 0 Å². The van der Waals surface area contributed by atoms with E-state index in [-0.39, 0.29) is 29.6 Å². The second-order valence-corrected chi connectivity index (χ2v) is 6.83. The summed E-state index contributed by atoms with van der Waals surface area (Å²) in [5.41, 5.74) is 1.69. The number of nitrogens with zero attached hydrogens (tertiary/aromatic N) is 1. The Bertz CT molecular complexity index is 522. The molecule has 4 nitrogen and oxygen atoms in total. The molecular formula is C18H28IN3O. The fourth-order valence-electron chi connectivity index (χ4n) is 3.23. The highest BCUT2D eigenvalue weighted by Crippen LogP contribution is 2.47. The molecular weight excluding hydrogens is 401 g/mol. The first-order chi connectivity index (χ1) is 10.7. The Balaban J connectivity index is 0.00000192. The third-order valence-electron chi connectivity index (χ3n) is 4.99. The van der Waals surface area contributed by atoms with E-state index in [9.17, 15) is 0 Å². The van der Waals surface area contributed by atoms with E-state index in [0.29, 0.717) is 5.41 Å². The van der Waals surface area contributed by atoms with Crippen LogP contribution in [0.5, 0.6) is 0 Å². The molecule has 1 unspecified atom stereocenters. The van der Waals surface area contributed by atoms with Crippen molar-refractivity contribution in [3.05, 3.63) is 35.9 Å². The van der Waals surface area contributed by atoms with E-state index in [1.807, 2.05) is 7.05 Å². The highest BCUT2D eigenvalue weighted by molar-refractivity contribution is 14.0. The van der Waals surface area contributed by atoms with E-state index in [0.717, 1.165) is 38.5 Å². The van der Waals surface area contributed by atoms with Crippen LogP contribution in [0.2, 0.25) is 0 Å². The summed E-state index contributed by atoms with van der Waals surface area (Å²) in [4.78, 5) is 4.34. The summed E-state index contributed by atoms with van der Waals surface area (Å²) < 4.78 is 5.82. The Kier molecular flexibility index (Phi) is 6.31. The first-order valence-electron chi connectivity index (χ1n) is 8.30. The first kappa shape index (κ1) is 18.5. The van der Waals surface area contributed by atoms with Gasteiger partial charge in [0, 0.05) is 32.2 Å². The van der Waals surface area contributed by atoms with Crippen LogP contribution in [-0.4, -0.2) is 38.3 Å². The molecule has 0 spiro atoms. The van der Waals surface area contributed by atoms with Crippen LogP contribution in [0.25, 0.3) is 0 Å². The molecule has 1 saturated heterocycles. The molecule has 0 aromatic heterocycles. The van der Waals surface area contributed by atoms with Crippen LogP contribution in [0, 0.1) is 0 Å². The zero-order chi connectivity index (χ0) is 15.5. The lowest BCUT2D eigenvalue weighted by Crippen LogP contribution is -2.47. The Morgan fingerprint density at radius 1 is 1.13 bits per heavy atom. The van der Waals surface area contributed by atoms with Gasteiger partial charge in [-0.15, -0.1) is 24.0 Å². The van der Waals surface area contributed by atoms with Crippen LogP contribution < -0.4 is 10.6 Å². The number of aliphatic imine (C=N–C) groups is 1. The number of benzene rings is 1. The van der Waals surface area contributed by atoms with Crippen molar-refractivity contribution in [2.75, 3.05) is 26.7 Å². The monoisotopic (exact) mass is 429 g/mol. The van der Waals surface area contributed by atoms with E-state index < -0.39 is 0 Å². The smallest absolute Gasteiger partial charge is 0.191 e. The standard InChI is InChI=1S/C18H27N3O.HI/c1-17(9-6-12-22-17)13-20-16(19-2)21-14-18(10-11-18)15-7-4-3-5-8-15;/h3-5,7-8H,6,9-14H2,1-2H3,(H2,19,20,21);1H. The summed E-state index contributed by atoms with van der Waals surface area (Å²) in [7, 11) is 1.83. The van der Waals surface area contributed by atoms with Gasteiger partial charge in [-0.25, -0.2) is 0 Å². The SMILES string of the molecule is CN=C(NCC1(C)CCCO1)NCC1(c2ccccc2)CC1.I. The molecule has 1 atom stereocenters. The number of rotatable bonds is 5. The van der Waals surface area contributed by atoms with Gasteiger partial charge in [0.05, 0.1) is 5.60 Å². The summed E-state index contributed by atoms with van der Waals surface area (Å²) in [6, 6.07) is 10.8. The van der Waals surface area contributed by atoms with E-state index >= 15 is 0 Å². The van der Waals surface area contributed by atoms with Crippen molar-refractivity contribution in [2.24, 2.45) is 4.99 Å². The van der Waals surface area contributed by atoms with Crippen molar-refractivity contribution in [2.45, 2.75) is 43.6 Å². The van der Waals surface area contributed by atoms with Gasteiger partial charge in [-0.2, -0.15) is 0 Å². The topological polar surface area (TPSA) is 45.7 Å². The highest BCUT2D eigenvalue weighted by atomic mass is 127. The van der Waals surface area contributed by atoms with Crippen LogP contribution in [0.15, 0.2) is 35.3 Å². The molecule has 1 aliphatic carbocycles. The molecule has 1 aliphatic heterocycles. The first-order valence-corrected chi connectivity index (χ1v) is 8.30. The predicted molar refractivity (Wildman–Crippen MR) is 106 cm³/mol. The summed E-state index contributed by atoms with van der Waals surface area (Å²) >= 11 is 0. The molecule has 128 valence electrons. The van der Waals surface area contributed by atoms with Gasteiger partial charge < -0.3 is 15.4 Å². The Hall–Kier alpha value is -0.820. The van der Waals surface area contributed by atoms with Gasteiger partial charge in [0.1, 0.15) is 0 Å². The molecule has 3 rings (SSSR count). The van der Waals surface area contributed by atoms with Crippen LogP contribution in [0.1, 0.15) is 38.2 Å². The van der Waals surface area contributed by atoms with Gasteiger partial charge in [-0.3, -0.25) is 4.99 Å². The number of guanidine groups is 1. The average molecular weight is 429 g/mol. The van der Waals surface area contributed by atoms with Gasteiger partial charge in [-0.1, -0.05) is 30.3 Å². The molecule has 2 fully saturated rings. The zero-order valence-corrected chi connectivity index (χ0v) is 16.4. The van der Waals surface area contributed by atoms with Gasteiger partial charge in [0.25, 0.3) is 0 Å². The maximum absolute atomic E-state index is 5.82. The minimum atomic E-state index is -0.0473. The fraction of sp³-hybridized carbons (Fsp3) is 0.611. The molecule has 0 radical (unpaired) electrons. The summed E-state index contributed by atoms with van der Waals surface area (Å²) in [6.07, 6.45) is 4.77. The Morgan fingerprint density at radius 2 is 1.83 bits per heavy atom. The lowest BCUT2D eigenvalue weighted by atomic mass is 9.96. The summed E-state index contributed by atoms with van der Waals surface area (Å²) in [6.45, 7) is 4.80. The second kappa shape index (κ2) is 7.83. The van der Waals surface area contributed by atoms with Crippen molar-refractivity contribution in [3.8, 4) is 0 Å². The van der Waals surface area contributed by atoms with E-state index in [2.05, 4.69) is 52.9 Å². The summed E-state index contributed by atoms with van der Waals surface area (Å²) in [5.74, 6) is 0.874. The lowest BCUT2D eigenvalue weighted by molar-refractivity contribution is 0.0243. The van der Waals surface area contributed by atoms with Gasteiger partial charge in [0.15, 0.2) is 5.96 Å². The van der Waals surface area contributed by atoms with Gasteiger partial charge in [-0.05, 0) is 38.2 Å². The lowest BCUT2D eigenvalue weighted by Gasteiger charge is -2.25. The average Bonchev–Trinajstić information content (AvgIpc) is 3.23. The summed E-state index contributed by atoms with van der Waals surface area (Å²) in [5, 5.41) is 6.91. The third-order valence-corrected chi connectivity index (χ3v) is 4.99. The molecule has 1 heterocycles. The predicted octanol–water partition coefficient (Wildman–Crippen LogP) is 3.07. The van der Waals surface area contributed by atoms with E-state index in [4.69, 9.17) is 4.74 Å². The maximum Gasteiger partial charge on any atom is 0.191 e. The van der Waals surface area contributed by atoms with Crippen LogP contribution in [-0.2, 0) is 10.2 Å². The Labute approximate surface area is 156 Å². The van der Waals surface area contributed by atoms with E-state index in [1.54, 1.807) is 0 Å².